The molecule has 0 saturated carbocycles. The Balaban J connectivity index is 2.05. The third kappa shape index (κ3) is 5.27. The van der Waals surface area contributed by atoms with Gasteiger partial charge in [-0.3, -0.25) is 14.9 Å². The van der Waals surface area contributed by atoms with Crippen molar-refractivity contribution in [3.63, 3.8) is 0 Å². The molecule has 9 heteroatoms. The van der Waals surface area contributed by atoms with Crippen LogP contribution in [0.3, 0.4) is 0 Å². The standard InChI is InChI=1S/C19H21N3O6/c1-12-9-16(17(22(26)27)10-13(12)2)21-18(24)11-28-19(25)14-5-3-4-6-15(14)20-7-8-23/h3-6,9-10,20,23H,7-8,11H2,1-2H3,(H,21,24). The second-order valence-corrected chi connectivity index (χ2v) is 6.03. The minimum atomic E-state index is -0.731. The van der Waals surface area contributed by atoms with Crippen molar-refractivity contribution in [2.75, 3.05) is 30.4 Å². The molecule has 2 aromatic rings. The van der Waals surface area contributed by atoms with Gasteiger partial charge in [-0.1, -0.05) is 12.1 Å². The number of nitrogens with zero attached hydrogens (tertiary/aromatic N) is 1. The minimum Gasteiger partial charge on any atom is -0.452 e. The van der Waals surface area contributed by atoms with Crippen molar-refractivity contribution < 1.29 is 24.4 Å². The summed E-state index contributed by atoms with van der Waals surface area (Å²) in [6, 6.07) is 9.39. The lowest BCUT2D eigenvalue weighted by molar-refractivity contribution is -0.384. The van der Waals surface area contributed by atoms with Crippen molar-refractivity contribution in [3.05, 3.63) is 63.2 Å². The Hall–Kier alpha value is -3.46. The van der Waals surface area contributed by atoms with E-state index in [1.54, 1.807) is 32.0 Å². The Bertz CT molecular complexity index is 897. The fourth-order valence-corrected chi connectivity index (χ4v) is 2.45. The molecule has 2 aromatic carbocycles. The van der Waals surface area contributed by atoms with Gasteiger partial charge in [0.2, 0.25) is 0 Å². The number of nitro groups is 1. The molecule has 9 nitrogen and oxygen atoms in total. The summed E-state index contributed by atoms with van der Waals surface area (Å²) >= 11 is 0. The zero-order valence-corrected chi connectivity index (χ0v) is 15.5. The van der Waals surface area contributed by atoms with Gasteiger partial charge in [0, 0.05) is 18.3 Å². The Labute approximate surface area is 161 Å². The Morgan fingerprint density at radius 3 is 2.50 bits per heavy atom. The van der Waals surface area contributed by atoms with E-state index in [1.807, 2.05) is 0 Å². The summed E-state index contributed by atoms with van der Waals surface area (Å²) in [5, 5.41) is 25.4. The highest BCUT2D eigenvalue weighted by atomic mass is 16.6. The average Bonchev–Trinajstić information content (AvgIpc) is 2.67. The first-order chi connectivity index (χ1) is 13.3. The highest BCUT2D eigenvalue weighted by molar-refractivity contribution is 5.99. The molecular formula is C19H21N3O6. The van der Waals surface area contributed by atoms with Crippen molar-refractivity contribution in [2.45, 2.75) is 13.8 Å². The Morgan fingerprint density at radius 2 is 1.82 bits per heavy atom. The molecule has 0 aliphatic heterocycles. The monoisotopic (exact) mass is 387 g/mol. The number of hydrogen-bond acceptors (Lipinski definition) is 7. The molecule has 0 spiro atoms. The van der Waals surface area contributed by atoms with Crippen LogP contribution in [0.2, 0.25) is 0 Å². The summed E-state index contributed by atoms with van der Waals surface area (Å²) in [4.78, 5) is 35.0. The summed E-state index contributed by atoms with van der Waals surface area (Å²) in [7, 11) is 0. The van der Waals surface area contributed by atoms with E-state index in [0.717, 1.165) is 11.1 Å². The molecule has 148 valence electrons. The van der Waals surface area contributed by atoms with Gasteiger partial charge in [0.05, 0.1) is 17.1 Å². The molecule has 0 saturated heterocycles. The number of hydrogen-bond donors (Lipinski definition) is 3. The van der Waals surface area contributed by atoms with Crippen LogP contribution in [-0.4, -0.2) is 41.7 Å². The maximum Gasteiger partial charge on any atom is 0.340 e. The Morgan fingerprint density at radius 1 is 1.14 bits per heavy atom. The van der Waals surface area contributed by atoms with Crippen LogP contribution in [-0.2, 0) is 9.53 Å². The number of nitrogens with one attached hydrogen (secondary N) is 2. The minimum absolute atomic E-state index is 0.0409. The van der Waals surface area contributed by atoms with Gasteiger partial charge in [0.1, 0.15) is 5.69 Å². The van der Waals surface area contributed by atoms with Gasteiger partial charge >= 0.3 is 5.97 Å². The van der Waals surface area contributed by atoms with Gasteiger partial charge < -0.3 is 20.5 Å². The molecular weight excluding hydrogens is 366 g/mol. The van der Waals surface area contributed by atoms with E-state index >= 15 is 0 Å². The van der Waals surface area contributed by atoms with Crippen molar-refractivity contribution in [1.29, 1.82) is 0 Å². The number of amides is 1. The van der Waals surface area contributed by atoms with E-state index in [2.05, 4.69) is 10.6 Å². The fourth-order valence-electron chi connectivity index (χ4n) is 2.45. The van der Waals surface area contributed by atoms with Gasteiger partial charge in [-0.05, 0) is 43.2 Å². The predicted molar refractivity (Wildman–Crippen MR) is 104 cm³/mol. The highest BCUT2D eigenvalue weighted by Crippen LogP contribution is 2.27. The number of nitro benzene ring substituents is 1. The number of carbonyl (C=O) groups excluding carboxylic acids is 2. The summed E-state index contributed by atoms with van der Waals surface area (Å²) < 4.78 is 5.01. The van der Waals surface area contributed by atoms with Crippen molar-refractivity contribution in [3.8, 4) is 0 Å². The number of rotatable bonds is 8. The van der Waals surface area contributed by atoms with E-state index in [-0.39, 0.29) is 30.1 Å². The number of aryl methyl sites for hydroxylation is 2. The van der Waals surface area contributed by atoms with E-state index in [0.29, 0.717) is 5.69 Å². The number of anilines is 2. The topological polar surface area (TPSA) is 131 Å². The smallest absolute Gasteiger partial charge is 0.340 e. The van der Waals surface area contributed by atoms with Crippen LogP contribution in [0, 0.1) is 24.0 Å². The fraction of sp³-hybridized carbons (Fsp3) is 0.263. The highest BCUT2D eigenvalue weighted by Gasteiger charge is 2.19. The van der Waals surface area contributed by atoms with E-state index < -0.39 is 23.4 Å². The number of aliphatic hydroxyl groups is 1. The number of aliphatic hydroxyl groups excluding tert-OH is 1. The molecule has 0 aliphatic carbocycles. The molecule has 0 aromatic heterocycles. The van der Waals surface area contributed by atoms with E-state index in [4.69, 9.17) is 9.84 Å². The van der Waals surface area contributed by atoms with Crippen LogP contribution in [0.1, 0.15) is 21.5 Å². The third-order valence-electron chi connectivity index (χ3n) is 3.99. The van der Waals surface area contributed by atoms with Crippen LogP contribution in [0.15, 0.2) is 36.4 Å². The lowest BCUT2D eigenvalue weighted by Gasteiger charge is -2.11. The van der Waals surface area contributed by atoms with Crippen LogP contribution < -0.4 is 10.6 Å². The number of carbonyl (C=O) groups is 2. The second-order valence-electron chi connectivity index (χ2n) is 6.03. The lowest BCUT2D eigenvalue weighted by atomic mass is 10.1. The number of para-hydroxylation sites is 1. The molecule has 0 atom stereocenters. The van der Waals surface area contributed by atoms with E-state index in [9.17, 15) is 19.7 Å². The summed E-state index contributed by atoms with van der Waals surface area (Å²) in [5.41, 5.74) is 1.98. The Kier molecular flexibility index (Phi) is 7.05. The molecule has 0 unspecified atom stereocenters. The van der Waals surface area contributed by atoms with Crippen LogP contribution in [0.4, 0.5) is 17.1 Å². The molecule has 28 heavy (non-hydrogen) atoms. The number of ether oxygens (including phenoxy) is 1. The lowest BCUT2D eigenvalue weighted by Crippen LogP contribution is -2.22. The molecule has 0 radical (unpaired) electrons. The predicted octanol–water partition coefficient (Wildman–Crippen LogP) is 2.41. The first-order valence-electron chi connectivity index (χ1n) is 8.50. The molecule has 0 fully saturated rings. The molecule has 0 bridgehead atoms. The summed E-state index contributed by atoms with van der Waals surface area (Å²) in [5.74, 6) is -1.42. The van der Waals surface area contributed by atoms with Crippen LogP contribution in [0.5, 0.6) is 0 Å². The number of esters is 1. The van der Waals surface area contributed by atoms with Gasteiger partial charge in [-0.2, -0.15) is 0 Å². The van der Waals surface area contributed by atoms with Crippen molar-refractivity contribution in [1.82, 2.24) is 0 Å². The van der Waals surface area contributed by atoms with Gasteiger partial charge in [0.25, 0.3) is 11.6 Å². The molecule has 1 amide bonds. The first-order valence-corrected chi connectivity index (χ1v) is 8.50. The summed E-state index contributed by atoms with van der Waals surface area (Å²) in [6.07, 6.45) is 0. The maximum atomic E-state index is 12.2. The molecule has 3 N–H and O–H groups in total. The zero-order chi connectivity index (χ0) is 20.7. The first kappa shape index (κ1) is 20.8. The van der Waals surface area contributed by atoms with E-state index in [1.165, 1.54) is 18.2 Å². The van der Waals surface area contributed by atoms with Crippen LogP contribution >= 0.6 is 0 Å². The largest absolute Gasteiger partial charge is 0.452 e. The maximum absolute atomic E-state index is 12.2. The van der Waals surface area contributed by atoms with Crippen molar-refractivity contribution >= 4 is 28.9 Å². The average molecular weight is 387 g/mol. The molecule has 0 heterocycles. The number of benzene rings is 2. The van der Waals surface area contributed by atoms with Crippen molar-refractivity contribution in [2.24, 2.45) is 0 Å². The van der Waals surface area contributed by atoms with Gasteiger partial charge in [-0.25, -0.2) is 4.79 Å². The van der Waals surface area contributed by atoms with Crippen LogP contribution in [0.25, 0.3) is 0 Å². The quantitative estimate of drug-likeness (QED) is 0.360. The van der Waals surface area contributed by atoms with Gasteiger partial charge in [0.15, 0.2) is 6.61 Å². The normalized spacial score (nSPS) is 10.2. The SMILES string of the molecule is Cc1cc(NC(=O)COC(=O)c2ccccc2NCCO)c([N+](=O)[O-])cc1C. The zero-order valence-electron chi connectivity index (χ0n) is 15.5. The second kappa shape index (κ2) is 9.47. The third-order valence-corrected chi connectivity index (χ3v) is 3.99. The molecule has 2 rings (SSSR count). The molecule has 0 aliphatic rings. The van der Waals surface area contributed by atoms with Gasteiger partial charge in [-0.15, -0.1) is 0 Å². The summed E-state index contributed by atoms with van der Waals surface area (Å²) in [6.45, 7) is 3.04.